The highest BCUT2D eigenvalue weighted by Gasteiger charge is 2.12. The van der Waals surface area contributed by atoms with E-state index in [0.29, 0.717) is 10.9 Å². The van der Waals surface area contributed by atoms with Gasteiger partial charge in [-0.05, 0) is 46.8 Å². The highest BCUT2D eigenvalue weighted by Crippen LogP contribution is 2.20. The molecule has 2 aromatic carbocycles. The van der Waals surface area contributed by atoms with Gasteiger partial charge in [0.15, 0.2) is 0 Å². The van der Waals surface area contributed by atoms with Crippen LogP contribution in [0, 0.1) is 0 Å². The first-order valence-corrected chi connectivity index (χ1v) is 9.03. The van der Waals surface area contributed by atoms with E-state index in [1.54, 1.807) is 4.68 Å². The Hall–Kier alpha value is -1.90. The summed E-state index contributed by atoms with van der Waals surface area (Å²) in [5, 5.41) is 22.4. The van der Waals surface area contributed by atoms with Gasteiger partial charge in [-0.1, -0.05) is 45.9 Å². The summed E-state index contributed by atoms with van der Waals surface area (Å²) in [6.45, 7) is 0.210. The molecule has 0 radical (unpaired) electrons. The van der Waals surface area contributed by atoms with Gasteiger partial charge < -0.3 is 9.84 Å². The lowest BCUT2D eigenvalue weighted by Gasteiger charge is -2.12. The van der Waals surface area contributed by atoms with Gasteiger partial charge in [0.2, 0.25) is 5.16 Å². The second-order valence-electron chi connectivity index (χ2n) is 4.94. The highest BCUT2D eigenvalue weighted by atomic mass is 79.9. The fourth-order valence-electron chi connectivity index (χ4n) is 1.94. The van der Waals surface area contributed by atoms with Gasteiger partial charge in [-0.2, -0.15) is 4.68 Å². The first kappa shape index (κ1) is 16.9. The van der Waals surface area contributed by atoms with E-state index in [1.165, 1.54) is 11.8 Å². The number of rotatable bonds is 7. The van der Waals surface area contributed by atoms with Crippen molar-refractivity contribution in [2.24, 2.45) is 0 Å². The number of aliphatic hydroxyl groups excluding tert-OH is 1. The quantitative estimate of drug-likeness (QED) is 0.608. The van der Waals surface area contributed by atoms with Crippen LogP contribution in [0.25, 0.3) is 5.69 Å². The van der Waals surface area contributed by atoms with Gasteiger partial charge in [0.25, 0.3) is 0 Å². The molecule has 6 nitrogen and oxygen atoms in total. The first-order chi connectivity index (χ1) is 11.7. The summed E-state index contributed by atoms with van der Waals surface area (Å²) in [4.78, 5) is 0. The molecule has 1 N–H and O–H groups in total. The van der Waals surface area contributed by atoms with Gasteiger partial charge in [0.1, 0.15) is 12.4 Å². The summed E-state index contributed by atoms with van der Waals surface area (Å²) in [5.41, 5.74) is 0.880. The Balaban J connectivity index is 1.53. The van der Waals surface area contributed by atoms with E-state index in [1.807, 2.05) is 54.6 Å². The SMILES string of the molecule is O[C@@H](COc1ccc(Br)cc1)CSc1nnnn1-c1ccccc1. The maximum Gasteiger partial charge on any atom is 0.214 e. The maximum atomic E-state index is 10.1. The fourth-order valence-corrected chi connectivity index (χ4v) is 3.00. The second kappa shape index (κ2) is 8.27. The van der Waals surface area contributed by atoms with Gasteiger partial charge in [-0.25, -0.2) is 0 Å². The van der Waals surface area contributed by atoms with Crippen molar-refractivity contribution >= 4 is 27.7 Å². The van der Waals surface area contributed by atoms with Crippen LogP contribution in [0.5, 0.6) is 5.75 Å². The minimum absolute atomic E-state index is 0.210. The third-order valence-electron chi connectivity index (χ3n) is 3.10. The van der Waals surface area contributed by atoms with Crippen molar-refractivity contribution in [1.82, 2.24) is 20.2 Å². The first-order valence-electron chi connectivity index (χ1n) is 7.25. The van der Waals surface area contributed by atoms with Gasteiger partial charge in [0.05, 0.1) is 11.8 Å². The summed E-state index contributed by atoms with van der Waals surface area (Å²) < 4.78 is 8.20. The molecule has 1 atom stereocenters. The molecule has 124 valence electrons. The molecule has 0 saturated carbocycles. The molecule has 0 unspecified atom stereocenters. The summed E-state index contributed by atoms with van der Waals surface area (Å²) in [6, 6.07) is 17.1. The Bertz CT molecular complexity index is 767. The third-order valence-corrected chi connectivity index (χ3v) is 4.70. The molecule has 3 rings (SSSR count). The lowest BCUT2D eigenvalue weighted by Crippen LogP contribution is -2.20. The second-order valence-corrected chi connectivity index (χ2v) is 6.84. The molecular weight excluding hydrogens is 392 g/mol. The maximum absolute atomic E-state index is 10.1. The van der Waals surface area contributed by atoms with Crippen molar-refractivity contribution in [2.75, 3.05) is 12.4 Å². The summed E-state index contributed by atoms with van der Waals surface area (Å²) in [5.74, 6) is 1.15. The molecule has 0 spiro atoms. The van der Waals surface area contributed by atoms with Crippen LogP contribution in [-0.2, 0) is 0 Å². The van der Waals surface area contributed by atoms with Crippen LogP contribution in [0.2, 0.25) is 0 Å². The molecule has 0 aliphatic rings. The van der Waals surface area contributed by atoms with Crippen LogP contribution in [0.4, 0.5) is 0 Å². The Morgan fingerprint density at radius 1 is 1.12 bits per heavy atom. The van der Waals surface area contributed by atoms with Gasteiger partial charge in [0, 0.05) is 10.2 Å². The zero-order valence-corrected chi connectivity index (χ0v) is 15.0. The average molecular weight is 407 g/mol. The number of hydrogen-bond donors (Lipinski definition) is 1. The predicted molar refractivity (Wildman–Crippen MR) is 95.5 cm³/mol. The third kappa shape index (κ3) is 4.56. The molecule has 0 aliphatic heterocycles. The van der Waals surface area contributed by atoms with Crippen molar-refractivity contribution < 1.29 is 9.84 Å². The van der Waals surface area contributed by atoms with Crippen molar-refractivity contribution in [3.05, 3.63) is 59.1 Å². The molecule has 24 heavy (non-hydrogen) atoms. The Morgan fingerprint density at radius 2 is 1.88 bits per heavy atom. The van der Waals surface area contributed by atoms with Gasteiger partial charge in [-0.3, -0.25) is 0 Å². The Morgan fingerprint density at radius 3 is 2.62 bits per heavy atom. The number of hydrogen-bond acceptors (Lipinski definition) is 6. The van der Waals surface area contributed by atoms with Crippen LogP contribution < -0.4 is 4.74 Å². The molecule has 1 heterocycles. The molecule has 0 aliphatic carbocycles. The number of nitrogens with zero attached hydrogens (tertiary/aromatic N) is 4. The van der Waals surface area contributed by atoms with Gasteiger partial charge >= 0.3 is 0 Å². The van der Waals surface area contributed by atoms with E-state index < -0.39 is 6.10 Å². The van der Waals surface area contributed by atoms with Crippen molar-refractivity contribution in [3.63, 3.8) is 0 Å². The average Bonchev–Trinajstić information content (AvgIpc) is 3.09. The normalized spacial score (nSPS) is 12.1. The molecule has 0 saturated heterocycles. The van der Waals surface area contributed by atoms with E-state index in [2.05, 4.69) is 31.5 Å². The minimum atomic E-state index is -0.625. The number of aromatic nitrogens is 4. The van der Waals surface area contributed by atoms with Crippen LogP contribution in [0.3, 0.4) is 0 Å². The fraction of sp³-hybridized carbons (Fsp3) is 0.188. The number of aliphatic hydroxyl groups is 1. The molecule has 0 bridgehead atoms. The number of halogens is 1. The number of benzene rings is 2. The topological polar surface area (TPSA) is 73.1 Å². The van der Waals surface area contributed by atoms with E-state index in [-0.39, 0.29) is 6.61 Å². The molecule has 1 aromatic heterocycles. The van der Waals surface area contributed by atoms with Crippen LogP contribution in [0.1, 0.15) is 0 Å². The lowest BCUT2D eigenvalue weighted by molar-refractivity contribution is 0.126. The van der Waals surface area contributed by atoms with E-state index in [9.17, 15) is 5.11 Å². The predicted octanol–water partition coefficient (Wildman–Crippen LogP) is 2.96. The largest absolute Gasteiger partial charge is 0.491 e. The zero-order chi connectivity index (χ0) is 16.8. The molecule has 3 aromatic rings. The number of thioether (sulfide) groups is 1. The zero-order valence-electron chi connectivity index (χ0n) is 12.6. The molecular formula is C16H15BrN4O2S. The van der Waals surface area contributed by atoms with Crippen molar-refractivity contribution in [3.8, 4) is 11.4 Å². The summed E-state index contributed by atoms with van der Waals surface area (Å²) in [7, 11) is 0. The molecule has 8 heteroatoms. The number of tetrazole rings is 1. The Kier molecular flexibility index (Phi) is 5.84. The van der Waals surface area contributed by atoms with Gasteiger partial charge in [-0.15, -0.1) is 5.10 Å². The highest BCUT2D eigenvalue weighted by molar-refractivity contribution is 9.10. The van der Waals surface area contributed by atoms with Crippen molar-refractivity contribution in [1.29, 1.82) is 0 Å². The van der Waals surface area contributed by atoms with Crippen molar-refractivity contribution in [2.45, 2.75) is 11.3 Å². The molecule has 0 fully saturated rings. The minimum Gasteiger partial charge on any atom is -0.491 e. The number of ether oxygens (including phenoxy) is 1. The Labute approximate surface area is 152 Å². The van der Waals surface area contributed by atoms with Crippen LogP contribution in [-0.4, -0.2) is 43.8 Å². The smallest absolute Gasteiger partial charge is 0.214 e. The number of para-hydroxylation sites is 1. The molecule has 0 amide bonds. The van der Waals surface area contributed by atoms with Crippen LogP contribution >= 0.6 is 27.7 Å². The van der Waals surface area contributed by atoms with E-state index >= 15 is 0 Å². The van der Waals surface area contributed by atoms with E-state index in [4.69, 9.17) is 4.74 Å². The standard InChI is InChI=1S/C16H15BrN4O2S/c17-12-6-8-15(9-7-12)23-10-14(22)11-24-16-18-19-20-21(16)13-4-2-1-3-5-13/h1-9,14,22H,10-11H2/t14-/m0/s1. The summed E-state index contributed by atoms with van der Waals surface area (Å²) >= 11 is 4.75. The monoisotopic (exact) mass is 406 g/mol. The summed E-state index contributed by atoms with van der Waals surface area (Å²) in [6.07, 6.45) is -0.625. The lowest BCUT2D eigenvalue weighted by atomic mass is 10.3. The van der Waals surface area contributed by atoms with E-state index in [0.717, 1.165) is 15.9 Å². The van der Waals surface area contributed by atoms with Crippen LogP contribution in [0.15, 0.2) is 64.2 Å².